The van der Waals surface area contributed by atoms with Gasteiger partial charge in [0.25, 0.3) is 5.91 Å². The van der Waals surface area contributed by atoms with Crippen molar-refractivity contribution in [2.45, 2.75) is 20.8 Å². The molecule has 1 fully saturated rings. The lowest BCUT2D eigenvalue weighted by atomic mass is 10.1. The fourth-order valence-corrected chi connectivity index (χ4v) is 5.05. The van der Waals surface area contributed by atoms with Crippen molar-refractivity contribution in [3.63, 3.8) is 0 Å². The first-order chi connectivity index (χ1) is 14.0. The van der Waals surface area contributed by atoms with E-state index in [1.165, 1.54) is 11.3 Å². The van der Waals surface area contributed by atoms with Gasteiger partial charge in [-0.1, -0.05) is 18.2 Å². The van der Waals surface area contributed by atoms with E-state index in [2.05, 4.69) is 14.9 Å². The number of rotatable bonds is 5. The summed E-state index contributed by atoms with van der Waals surface area (Å²) in [5, 5.41) is 1.03. The highest BCUT2D eigenvalue weighted by molar-refractivity contribution is 7.20. The van der Waals surface area contributed by atoms with E-state index in [0.29, 0.717) is 6.61 Å². The van der Waals surface area contributed by atoms with E-state index >= 15 is 0 Å². The molecule has 3 aromatic rings. The molecule has 0 atom stereocenters. The second kappa shape index (κ2) is 8.47. The quantitative estimate of drug-likeness (QED) is 0.645. The highest BCUT2D eigenvalue weighted by Gasteiger charge is 2.26. The Morgan fingerprint density at radius 3 is 2.52 bits per heavy atom. The molecule has 1 aliphatic rings. The normalized spacial score (nSPS) is 15.1. The highest BCUT2D eigenvalue weighted by atomic mass is 32.1. The minimum atomic E-state index is 0.114. The van der Waals surface area contributed by atoms with Gasteiger partial charge >= 0.3 is 0 Å². The first kappa shape index (κ1) is 19.8. The van der Waals surface area contributed by atoms with Gasteiger partial charge in [0.1, 0.15) is 23.0 Å². The number of aromatic nitrogens is 2. The van der Waals surface area contributed by atoms with E-state index in [-0.39, 0.29) is 5.91 Å². The van der Waals surface area contributed by atoms with Crippen LogP contribution in [-0.2, 0) is 0 Å². The number of hydrogen-bond donors (Lipinski definition) is 0. The summed E-state index contributed by atoms with van der Waals surface area (Å²) in [6.45, 7) is 10.6. The first-order valence-corrected chi connectivity index (χ1v) is 10.8. The van der Waals surface area contributed by atoms with Gasteiger partial charge in [-0.25, -0.2) is 9.97 Å². The van der Waals surface area contributed by atoms with Crippen LogP contribution >= 0.6 is 11.3 Å². The van der Waals surface area contributed by atoms with E-state index in [4.69, 9.17) is 4.74 Å². The summed E-state index contributed by atoms with van der Waals surface area (Å²) in [4.78, 5) is 28.1. The molecule has 0 bridgehead atoms. The Bertz CT molecular complexity index is 1010. The van der Waals surface area contributed by atoms with Gasteiger partial charge in [0.15, 0.2) is 0 Å². The second-order valence-electron chi connectivity index (χ2n) is 7.39. The number of ether oxygens (including phenoxy) is 1. The van der Waals surface area contributed by atoms with Crippen LogP contribution in [-0.4, -0.2) is 65.0 Å². The number of piperazine rings is 1. The third-order valence-electron chi connectivity index (χ3n) is 5.36. The standard InChI is InChI=1S/C22H26N4O2S/c1-15-19-16(2)23-17(3)24-21(19)29-20(15)22(27)26-11-9-25(10-12-26)13-14-28-18-7-5-4-6-8-18/h4-8H,9-14H2,1-3H3. The largest absolute Gasteiger partial charge is 0.492 e. The molecule has 4 rings (SSSR count). The maximum absolute atomic E-state index is 13.1. The van der Waals surface area contributed by atoms with Crippen LogP contribution in [0.25, 0.3) is 10.2 Å². The summed E-state index contributed by atoms with van der Waals surface area (Å²) in [7, 11) is 0. The Kier molecular flexibility index (Phi) is 5.78. The number of fused-ring (bicyclic) bond motifs is 1. The lowest BCUT2D eigenvalue weighted by molar-refractivity contribution is 0.0624. The SMILES string of the molecule is Cc1nc(C)c2c(C)c(C(=O)N3CCN(CCOc4ccccc4)CC3)sc2n1. The summed E-state index contributed by atoms with van der Waals surface area (Å²) in [5.41, 5.74) is 1.95. The van der Waals surface area contributed by atoms with Crippen LogP contribution in [0.4, 0.5) is 0 Å². The molecule has 1 aromatic carbocycles. The van der Waals surface area contributed by atoms with Gasteiger partial charge in [-0.2, -0.15) is 0 Å². The zero-order valence-electron chi connectivity index (χ0n) is 17.1. The van der Waals surface area contributed by atoms with Crippen molar-refractivity contribution in [3.8, 4) is 5.75 Å². The van der Waals surface area contributed by atoms with Crippen LogP contribution < -0.4 is 4.74 Å². The van der Waals surface area contributed by atoms with E-state index in [9.17, 15) is 4.79 Å². The van der Waals surface area contributed by atoms with Gasteiger partial charge in [-0.15, -0.1) is 11.3 Å². The van der Waals surface area contributed by atoms with Crippen molar-refractivity contribution in [1.82, 2.24) is 19.8 Å². The summed E-state index contributed by atoms with van der Waals surface area (Å²) >= 11 is 1.49. The molecule has 3 heterocycles. The monoisotopic (exact) mass is 410 g/mol. The molecule has 1 aliphatic heterocycles. The number of nitrogens with zero attached hydrogens (tertiary/aromatic N) is 4. The molecule has 0 N–H and O–H groups in total. The van der Waals surface area contributed by atoms with Crippen molar-refractivity contribution >= 4 is 27.5 Å². The highest BCUT2D eigenvalue weighted by Crippen LogP contribution is 2.32. The lowest BCUT2D eigenvalue weighted by Gasteiger charge is -2.34. The molecule has 29 heavy (non-hydrogen) atoms. The maximum atomic E-state index is 13.1. The van der Waals surface area contributed by atoms with Crippen LogP contribution in [0.3, 0.4) is 0 Å². The summed E-state index contributed by atoms with van der Waals surface area (Å²) in [5.74, 6) is 1.76. The zero-order valence-corrected chi connectivity index (χ0v) is 18.0. The minimum Gasteiger partial charge on any atom is -0.492 e. The molecule has 6 nitrogen and oxygen atoms in total. The Labute approximate surface area is 175 Å². The van der Waals surface area contributed by atoms with Gasteiger partial charge in [-0.05, 0) is 38.5 Å². The van der Waals surface area contributed by atoms with Crippen LogP contribution in [0, 0.1) is 20.8 Å². The second-order valence-corrected chi connectivity index (χ2v) is 8.39. The molecule has 2 aromatic heterocycles. The van der Waals surface area contributed by atoms with Crippen LogP contribution in [0.15, 0.2) is 30.3 Å². The van der Waals surface area contributed by atoms with Gasteiger partial charge in [0, 0.05) is 43.8 Å². The van der Waals surface area contributed by atoms with Crippen molar-refractivity contribution in [1.29, 1.82) is 0 Å². The number of hydrogen-bond acceptors (Lipinski definition) is 6. The Morgan fingerprint density at radius 1 is 1.07 bits per heavy atom. The predicted octanol–water partition coefficient (Wildman–Crippen LogP) is 3.45. The molecule has 152 valence electrons. The number of amides is 1. The first-order valence-electron chi connectivity index (χ1n) is 9.97. The number of benzene rings is 1. The van der Waals surface area contributed by atoms with Crippen molar-refractivity contribution < 1.29 is 9.53 Å². The average molecular weight is 411 g/mol. The fourth-order valence-electron chi connectivity index (χ4n) is 3.81. The Hall–Kier alpha value is -2.51. The molecule has 1 amide bonds. The van der Waals surface area contributed by atoms with Gasteiger partial charge < -0.3 is 9.64 Å². The molecule has 1 saturated heterocycles. The zero-order chi connectivity index (χ0) is 20.4. The van der Waals surface area contributed by atoms with Crippen LogP contribution in [0.2, 0.25) is 0 Å². The number of carbonyl (C=O) groups is 1. The van der Waals surface area contributed by atoms with Crippen molar-refractivity contribution in [3.05, 3.63) is 52.3 Å². The topological polar surface area (TPSA) is 58.6 Å². The third kappa shape index (κ3) is 4.26. The molecular formula is C22H26N4O2S. The van der Waals surface area contributed by atoms with Gasteiger partial charge in [0.2, 0.25) is 0 Å². The van der Waals surface area contributed by atoms with Crippen LogP contribution in [0.1, 0.15) is 26.8 Å². The summed E-state index contributed by atoms with van der Waals surface area (Å²) in [6, 6.07) is 9.87. The molecule has 0 spiro atoms. The lowest BCUT2D eigenvalue weighted by Crippen LogP contribution is -2.49. The van der Waals surface area contributed by atoms with Crippen molar-refractivity contribution in [2.75, 3.05) is 39.3 Å². The van der Waals surface area contributed by atoms with E-state index in [1.807, 2.05) is 56.0 Å². The minimum absolute atomic E-state index is 0.114. The fraction of sp³-hybridized carbons (Fsp3) is 0.409. The van der Waals surface area contributed by atoms with Gasteiger partial charge in [0.05, 0.1) is 4.88 Å². The number of carbonyl (C=O) groups excluding carboxylic acids is 1. The smallest absolute Gasteiger partial charge is 0.264 e. The maximum Gasteiger partial charge on any atom is 0.264 e. The Balaban J connectivity index is 1.35. The Morgan fingerprint density at radius 2 is 1.79 bits per heavy atom. The predicted molar refractivity (Wildman–Crippen MR) is 116 cm³/mol. The number of thiophene rings is 1. The number of aryl methyl sites for hydroxylation is 3. The number of para-hydroxylation sites is 1. The molecule has 0 unspecified atom stereocenters. The van der Waals surface area contributed by atoms with E-state index in [1.54, 1.807) is 0 Å². The van der Waals surface area contributed by atoms with Crippen LogP contribution in [0.5, 0.6) is 5.75 Å². The third-order valence-corrected chi connectivity index (χ3v) is 6.53. The van der Waals surface area contributed by atoms with Crippen molar-refractivity contribution in [2.24, 2.45) is 0 Å². The summed E-state index contributed by atoms with van der Waals surface area (Å²) in [6.07, 6.45) is 0. The molecule has 0 aliphatic carbocycles. The molecule has 7 heteroatoms. The molecular weight excluding hydrogens is 384 g/mol. The van der Waals surface area contributed by atoms with Gasteiger partial charge in [-0.3, -0.25) is 9.69 Å². The van der Waals surface area contributed by atoms with E-state index < -0.39 is 0 Å². The molecule has 0 radical (unpaired) electrons. The van der Waals surface area contributed by atoms with E-state index in [0.717, 1.165) is 70.6 Å². The average Bonchev–Trinajstić information content (AvgIpc) is 3.05. The molecule has 0 saturated carbocycles. The summed E-state index contributed by atoms with van der Waals surface area (Å²) < 4.78 is 5.79.